The summed E-state index contributed by atoms with van der Waals surface area (Å²) in [5.41, 5.74) is 6.52. The Morgan fingerprint density at radius 2 is 1.68 bits per heavy atom. The minimum Gasteiger partial charge on any atom is -0.496 e. The van der Waals surface area contributed by atoms with Crippen molar-refractivity contribution in [1.29, 1.82) is 0 Å². The van der Waals surface area contributed by atoms with Crippen molar-refractivity contribution in [2.24, 2.45) is 5.73 Å². The molecule has 2 amide bonds. The van der Waals surface area contributed by atoms with Crippen LogP contribution in [0.25, 0.3) is 0 Å². The van der Waals surface area contributed by atoms with Crippen LogP contribution < -0.4 is 15.2 Å². The van der Waals surface area contributed by atoms with Gasteiger partial charge in [-0.15, -0.1) is 0 Å². The van der Waals surface area contributed by atoms with Crippen LogP contribution in [0.15, 0.2) is 48.5 Å². The highest BCUT2D eigenvalue weighted by atomic mass is 16.5. The van der Waals surface area contributed by atoms with E-state index in [1.807, 2.05) is 24.3 Å². The SMILES string of the molecule is COc1ccccc1CCN(C)C(=O)c1ccccc1OCC(N)=O. The van der Waals surface area contributed by atoms with Crippen LogP contribution in [0.4, 0.5) is 0 Å². The van der Waals surface area contributed by atoms with Crippen molar-refractivity contribution in [2.45, 2.75) is 6.42 Å². The Labute approximate surface area is 147 Å². The highest BCUT2D eigenvalue weighted by molar-refractivity contribution is 5.96. The van der Waals surface area contributed by atoms with Gasteiger partial charge in [-0.2, -0.15) is 0 Å². The minimum absolute atomic E-state index is 0.185. The number of nitrogens with two attached hydrogens (primary N) is 1. The van der Waals surface area contributed by atoms with Crippen LogP contribution in [0.5, 0.6) is 11.5 Å². The van der Waals surface area contributed by atoms with Gasteiger partial charge in [-0.1, -0.05) is 30.3 Å². The van der Waals surface area contributed by atoms with Gasteiger partial charge in [0.2, 0.25) is 0 Å². The van der Waals surface area contributed by atoms with E-state index in [1.165, 1.54) is 0 Å². The van der Waals surface area contributed by atoms with Gasteiger partial charge in [-0.3, -0.25) is 9.59 Å². The number of amides is 2. The second-order valence-corrected chi connectivity index (χ2v) is 5.54. The van der Waals surface area contributed by atoms with E-state index in [9.17, 15) is 9.59 Å². The lowest BCUT2D eigenvalue weighted by Crippen LogP contribution is -2.29. The zero-order valence-corrected chi connectivity index (χ0v) is 14.4. The number of ether oxygens (including phenoxy) is 2. The lowest BCUT2D eigenvalue weighted by Gasteiger charge is -2.19. The van der Waals surface area contributed by atoms with Crippen LogP contribution in [0.3, 0.4) is 0 Å². The van der Waals surface area contributed by atoms with Crippen molar-refractivity contribution >= 4 is 11.8 Å². The first kappa shape index (κ1) is 18.3. The lowest BCUT2D eigenvalue weighted by molar-refractivity contribution is -0.119. The molecule has 0 unspecified atom stereocenters. The zero-order chi connectivity index (χ0) is 18.2. The van der Waals surface area contributed by atoms with Crippen molar-refractivity contribution in [2.75, 3.05) is 27.3 Å². The molecule has 0 fully saturated rings. The van der Waals surface area contributed by atoms with Crippen molar-refractivity contribution < 1.29 is 19.1 Å². The monoisotopic (exact) mass is 342 g/mol. The Morgan fingerprint density at radius 1 is 1.04 bits per heavy atom. The smallest absolute Gasteiger partial charge is 0.257 e. The van der Waals surface area contributed by atoms with E-state index in [0.717, 1.165) is 11.3 Å². The van der Waals surface area contributed by atoms with Crippen molar-refractivity contribution in [3.05, 3.63) is 59.7 Å². The highest BCUT2D eigenvalue weighted by Crippen LogP contribution is 2.21. The molecule has 2 aromatic rings. The third kappa shape index (κ3) is 4.97. The van der Waals surface area contributed by atoms with Crippen LogP contribution in [-0.4, -0.2) is 44.0 Å². The van der Waals surface area contributed by atoms with E-state index in [0.29, 0.717) is 24.3 Å². The standard InChI is InChI=1S/C19H22N2O4/c1-21(12-11-14-7-3-5-9-16(14)24-2)19(23)15-8-4-6-10-17(15)25-13-18(20)22/h3-10H,11-13H2,1-2H3,(H2,20,22). The third-order valence-electron chi connectivity index (χ3n) is 3.74. The molecule has 0 saturated heterocycles. The number of likely N-dealkylation sites (N-methyl/N-ethyl adjacent to an activating group) is 1. The van der Waals surface area contributed by atoms with Crippen LogP contribution >= 0.6 is 0 Å². The highest BCUT2D eigenvalue weighted by Gasteiger charge is 2.17. The summed E-state index contributed by atoms with van der Waals surface area (Å²) >= 11 is 0. The van der Waals surface area contributed by atoms with Gasteiger partial charge in [0.25, 0.3) is 11.8 Å². The Bertz CT molecular complexity index is 746. The molecule has 6 nitrogen and oxygen atoms in total. The molecular weight excluding hydrogens is 320 g/mol. The quantitative estimate of drug-likeness (QED) is 0.794. The molecule has 25 heavy (non-hydrogen) atoms. The minimum atomic E-state index is -0.591. The first-order valence-electron chi connectivity index (χ1n) is 7.90. The van der Waals surface area contributed by atoms with Gasteiger partial charge in [0.15, 0.2) is 6.61 Å². The summed E-state index contributed by atoms with van der Waals surface area (Å²) in [5, 5.41) is 0. The van der Waals surface area contributed by atoms with Crippen molar-refractivity contribution in [3.8, 4) is 11.5 Å². The van der Waals surface area contributed by atoms with Crippen LogP contribution in [0, 0.1) is 0 Å². The van der Waals surface area contributed by atoms with Crippen LogP contribution in [0.1, 0.15) is 15.9 Å². The molecule has 0 spiro atoms. The van der Waals surface area contributed by atoms with Gasteiger partial charge in [0.1, 0.15) is 11.5 Å². The summed E-state index contributed by atoms with van der Waals surface area (Å²) in [7, 11) is 3.35. The summed E-state index contributed by atoms with van der Waals surface area (Å²) in [6.45, 7) is 0.249. The number of rotatable bonds is 8. The van der Waals surface area contributed by atoms with Crippen LogP contribution in [-0.2, 0) is 11.2 Å². The van der Waals surface area contributed by atoms with Gasteiger partial charge in [0.05, 0.1) is 12.7 Å². The number of hydrogen-bond acceptors (Lipinski definition) is 4. The summed E-state index contributed by atoms with van der Waals surface area (Å²) < 4.78 is 10.7. The van der Waals surface area contributed by atoms with Gasteiger partial charge in [-0.05, 0) is 30.2 Å². The van der Waals surface area contributed by atoms with E-state index in [4.69, 9.17) is 15.2 Å². The Hall–Kier alpha value is -3.02. The molecule has 2 aromatic carbocycles. The molecule has 0 atom stereocenters. The molecule has 0 aliphatic rings. The van der Waals surface area contributed by atoms with Crippen molar-refractivity contribution in [3.63, 3.8) is 0 Å². The fraction of sp³-hybridized carbons (Fsp3) is 0.263. The van der Waals surface area contributed by atoms with Crippen LogP contribution in [0.2, 0.25) is 0 Å². The number of benzene rings is 2. The number of primary amides is 1. The second-order valence-electron chi connectivity index (χ2n) is 5.54. The molecule has 2 N–H and O–H groups in total. The molecule has 132 valence electrons. The van der Waals surface area contributed by atoms with E-state index in [-0.39, 0.29) is 12.5 Å². The maximum absolute atomic E-state index is 12.7. The molecule has 0 aromatic heterocycles. The van der Waals surface area contributed by atoms with Crippen molar-refractivity contribution in [1.82, 2.24) is 4.90 Å². The number of hydrogen-bond donors (Lipinski definition) is 1. The van der Waals surface area contributed by atoms with Gasteiger partial charge >= 0.3 is 0 Å². The summed E-state index contributed by atoms with van der Waals surface area (Å²) in [6, 6.07) is 14.5. The van der Waals surface area contributed by atoms with Gasteiger partial charge in [-0.25, -0.2) is 0 Å². The second kappa shape index (κ2) is 8.73. The fourth-order valence-electron chi connectivity index (χ4n) is 2.42. The number of carbonyl (C=O) groups excluding carboxylic acids is 2. The Balaban J connectivity index is 2.06. The topological polar surface area (TPSA) is 81.9 Å². The predicted molar refractivity (Wildman–Crippen MR) is 94.8 cm³/mol. The lowest BCUT2D eigenvalue weighted by atomic mass is 10.1. The Morgan fingerprint density at radius 3 is 2.36 bits per heavy atom. The summed E-state index contributed by atoms with van der Waals surface area (Å²) in [4.78, 5) is 25.2. The molecule has 0 heterocycles. The predicted octanol–water partition coefficient (Wildman–Crippen LogP) is 1.87. The number of para-hydroxylation sites is 2. The van der Waals surface area contributed by atoms with Gasteiger partial charge < -0.3 is 20.1 Å². The molecule has 0 saturated carbocycles. The third-order valence-corrected chi connectivity index (χ3v) is 3.74. The molecule has 6 heteroatoms. The Kier molecular flexibility index (Phi) is 6.39. The first-order chi connectivity index (χ1) is 12.0. The largest absolute Gasteiger partial charge is 0.496 e. The number of nitrogens with zero attached hydrogens (tertiary/aromatic N) is 1. The molecule has 0 bridgehead atoms. The summed E-state index contributed by atoms with van der Waals surface area (Å²) in [5.74, 6) is 0.366. The first-order valence-corrected chi connectivity index (χ1v) is 7.90. The average Bonchev–Trinajstić information content (AvgIpc) is 2.64. The summed E-state index contributed by atoms with van der Waals surface area (Å²) in [6.07, 6.45) is 0.663. The fourth-order valence-corrected chi connectivity index (χ4v) is 2.42. The normalized spacial score (nSPS) is 10.2. The molecule has 0 aliphatic heterocycles. The molecule has 0 aliphatic carbocycles. The number of methoxy groups -OCH3 is 1. The maximum Gasteiger partial charge on any atom is 0.257 e. The van der Waals surface area contributed by atoms with E-state index >= 15 is 0 Å². The van der Waals surface area contributed by atoms with E-state index in [2.05, 4.69) is 0 Å². The average molecular weight is 342 g/mol. The zero-order valence-electron chi connectivity index (χ0n) is 14.4. The van der Waals surface area contributed by atoms with Gasteiger partial charge in [0, 0.05) is 13.6 Å². The van der Waals surface area contributed by atoms with E-state index < -0.39 is 5.91 Å². The van der Waals surface area contributed by atoms with E-state index in [1.54, 1.807) is 43.3 Å². The molecule has 0 radical (unpaired) electrons. The molecular formula is C19H22N2O4. The maximum atomic E-state index is 12.7. The number of carbonyl (C=O) groups is 2. The molecule has 2 rings (SSSR count).